The van der Waals surface area contributed by atoms with Crippen molar-refractivity contribution in [2.45, 2.75) is 6.92 Å². The number of aromatic carboxylic acids is 1. The van der Waals surface area contributed by atoms with E-state index in [9.17, 15) is 4.79 Å². The number of carbonyl (C=O) groups is 1. The van der Waals surface area contributed by atoms with Crippen LogP contribution in [0.3, 0.4) is 0 Å². The van der Waals surface area contributed by atoms with E-state index in [0.717, 1.165) is 10.2 Å². The van der Waals surface area contributed by atoms with Crippen LogP contribution in [0.15, 0.2) is 34.8 Å². The SMILES string of the molecule is Cc1cc(C(=O)O)nc(Nc2cccc(Br)c2)n1. The van der Waals surface area contributed by atoms with Crippen molar-refractivity contribution in [1.29, 1.82) is 0 Å². The molecule has 0 spiro atoms. The Bertz CT molecular complexity index is 602. The summed E-state index contributed by atoms with van der Waals surface area (Å²) in [6.07, 6.45) is 0. The first-order valence-electron chi connectivity index (χ1n) is 5.16. The maximum Gasteiger partial charge on any atom is 0.354 e. The third-order valence-corrected chi connectivity index (χ3v) is 2.65. The van der Waals surface area contributed by atoms with Gasteiger partial charge in [-0.3, -0.25) is 0 Å². The number of benzene rings is 1. The molecular weight excluding hydrogens is 298 g/mol. The van der Waals surface area contributed by atoms with E-state index in [4.69, 9.17) is 5.11 Å². The van der Waals surface area contributed by atoms with Crippen molar-refractivity contribution in [2.24, 2.45) is 0 Å². The summed E-state index contributed by atoms with van der Waals surface area (Å²) >= 11 is 3.35. The minimum Gasteiger partial charge on any atom is -0.477 e. The maximum absolute atomic E-state index is 10.9. The fourth-order valence-corrected chi connectivity index (χ4v) is 1.83. The molecule has 0 bridgehead atoms. The summed E-state index contributed by atoms with van der Waals surface area (Å²) in [6, 6.07) is 8.88. The Labute approximate surface area is 112 Å². The average Bonchev–Trinajstić information content (AvgIpc) is 2.28. The fourth-order valence-electron chi connectivity index (χ4n) is 1.43. The molecule has 0 aliphatic carbocycles. The molecule has 92 valence electrons. The van der Waals surface area contributed by atoms with Crippen LogP contribution in [0.1, 0.15) is 16.2 Å². The number of hydrogen-bond donors (Lipinski definition) is 2. The lowest BCUT2D eigenvalue weighted by Crippen LogP contribution is -2.06. The fraction of sp³-hybridized carbons (Fsp3) is 0.0833. The number of carboxylic acid groups (broad SMARTS) is 1. The van der Waals surface area contributed by atoms with Gasteiger partial charge < -0.3 is 10.4 Å². The molecule has 0 radical (unpaired) electrons. The second-order valence-electron chi connectivity index (χ2n) is 3.66. The van der Waals surface area contributed by atoms with Gasteiger partial charge >= 0.3 is 5.97 Å². The summed E-state index contributed by atoms with van der Waals surface area (Å²) in [5, 5.41) is 11.9. The average molecular weight is 308 g/mol. The molecule has 0 saturated carbocycles. The zero-order chi connectivity index (χ0) is 13.1. The smallest absolute Gasteiger partial charge is 0.354 e. The van der Waals surface area contributed by atoms with E-state index in [-0.39, 0.29) is 11.6 Å². The Morgan fingerprint density at radius 3 is 2.78 bits per heavy atom. The van der Waals surface area contributed by atoms with Crippen molar-refractivity contribution in [3.05, 3.63) is 46.2 Å². The second-order valence-corrected chi connectivity index (χ2v) is 4.57. The van der Waals surface area contributed by atoms with E-state index in [1.807, 2.05) is 24.3 Å². The lowest BCUT2D eigenvalue weighted by molar-refractivity contribution is 0.0690. The first-order valence-corrected chi connectivity index (χ1v) is 5.95. The highest BCUT2D eigenvalue weighted by atomic mass is 79.9. The molecule has 2 aromatic rings. The van der Waals surface area contributed by atoms with E-state index in [2.05, 4.69) is 31.2 Å². The third kappa shape index (κ3) is 3.04. The van der Waals surface area contributed by atoms with Crippen molar-refractivity contribution >= 4 is 33.5 Å². The molecule has 18 heavy (non-hydrogen) atoms. The molecule has 6 heteroatoms. The van der Waals surface area contributed by atoms with E-state index in [0.29, 0.717) is 5.69 Å². The van der Waals surface area contributed by atoms with Gasteiger partial charge in [0, 0.05) is 15.9 Å². The first-order chi connectivity index (χ1) is 8.54. The number of rotatable bonds is 3. The van der Waals surface area contributed by atoms with E-state index >= 15 is 0 Å². The molecule has 2 N–H and O–H groups in total. The number of carboxylic acids is 1. The molecule has 0 aliphatic rings. The molecule has 1 aromatic heterocycles. The van der Waals surface area contributed by atoms with Crippen LogP contribution in [0.5, 0.6) is 0 Å². The summed E-state index contributed by atoms with van der Waals surface area (Å²) in [4.78, 5) is 18.9. The Balaban J connectivity index is 2.31. The number of halogens is 1. The van der Waals surface area contributed by atoms with Crippen LogP contribution >= 0.6 is 15.9 Å². The molecule has 1 aromatic carbocycles. The molecule has 0 fully saturated rings. The zero-order valence-electron chi connectivity index (χ0n) is 9.51. The summed E-state index contributed by atoms with van der Waals surface area (Å²) < 4.78 is 0.915. The van der Waals surface area contributed by atoms with Crippen molar-refractivity contribution in [2.75, 3.05) is 5.32 Å². The van der Waals surface area contributed by atoms with Gasteiger partial charge in [-0.2, -0.15) is 0 Å². The molecule has 0 unspecified atom stereocenters. The summed E-state index contributed by atoms with van der Waals surface area (Å²) in [7, 11) is 0. The molecule has 5 nitrogen and oxygen atoms in total. The minimum atomic E-state index is -1.07. The Morgan fingerprint density at radius 1 is 1.33 bits per heavy atom. The van der Waals surface area contributed by atoms with Crippen molar-refractivity contribution in [1.82, 2.24) is 9.97 Å². The predicted octanol–water partition coefficient (Wildman–Crippen LogP) is 2.99. The summed E-state index contributed by atoms with van der Waals surface area (Å²) in [5.41, 5.74) is 1.35. The zero-order valence-corrected chi connectivity index (χ0v) is 11.1. The number of nitrogens with zero attached hydrogens (tertiary/aromatic N) is 2. The largest absolute Gasteiger partial charge is 0.477 e. The van der Waals surface area contributed by atoms with Gasteiger partial charge in [0.05, 0.1) is 0 Å². The van der Waals surface area contributed by atoms with Gasteiger partial charge in [-0.05, 0) is 31.2 Å². The highest BCUT2D eigenvalue weighted by Crippen LogP contribution is 2.18. The van der Waals surface area contributed by atoms with Gasteiger partial charge in [-0.1, -0.05) is 22.0 Å². The summed E-state index contributed by atoms with van der Waals surface area (Å²) in [6.45, 7) is 1.72. The Morgan fingerprint density at radius 2 is 2.11 bits per heavy atom. The third-order valence-electron chi connectivity index (χ3n) is 2.15. The van der Waals surface area contributed by atoms with E-state index in [1.54, 1.807) is 6.92 Å². The van der Waals surface area contributed by atoms with Crippen LogP contribution in [-0.4, -0.2) is 21.0 Å². The van der Waals surface area contributed by atoms with E-state index < -0.39 is 5.97 Å². The van der Waals surface area contributed by atoms with Crippen LogP contribution in [0.4, 0.5) is 11.6 Å². The second kappa shape index (κ2) is 5.14. The minimum absolute atomic E-state index is 0.0278. The molecule has 0 amide bonds. The maximum atomic E-state index is 10.9. The first kappa shape index (κ1) is 12.5. The van der Waals surface area contributed by atoms with Gasteiger partial charge in [0.1, 0.15) is 0 Å². The van der Waals surface area contributed by atoms with E-state index in [1.165, 1.54) is 6.07 Å². The lowest BCUT2D eigenvalue weighted by Gasteiger charge is -2.06. The Kier molecular flexibility index (Phi) is 3.57. The van der Waals surface area contributed by atoms with Crippen LogP contribution < -0.4 is 5.32 Å². The van der Waals surface area contributed by atoms with Gasteiger partial charge in [-0.25, -0.2) is 14.8 Å². The van der Waals surface area contributed by atoms with Crippen LogP contribution in [-0.2, 0) is 0 Å². The molecule has 2 rings (SSSR count). The molecule has 0 atom stereocenters. The molecule has 0 aliphatic heterocycles. The number of nitrogens with one attached hydrogen (secondary N) is 1. The lowest BCUT2D eigenvalue weighted by atomic mass is 10.3. The normalized spacial score (nSPS) is 10.1. The quantitative estimate of drug-likeness (QED) is 0.911. The van der Waals surface area contributed by atoms with Gasteiger partial charge in [-0.15, -0.1) is 0 Å². The Hall–Kier alpha value is -1.95. The van der Waals surface area contributed by atoms with Crippen LogP contribution in [0, 0.1) is 6.92 Å². The molecular formula is C12H10BrN3O2. The highest BCUT2D eigenvalue weighted by Gasteiger charge is 2.08. The summed E-state index contributed by atoms with van der Waals surface area (Å²) in [5.74, 6) is -0.803. The number of hydrogen-bond acceptors (Lipinski definition) is 4. The van der Waals surface area contributed by atoms with Gasteiger partial charge in [0.15, 0.2) is 5.69 Å². The standard InChI is InChI=1S/C12H10BrN3O2/c1-7-5-10(11(17)18)16-12(14-7)15-9-4-2-3-8(13)6-9/h2-6H,1H3,(H,17,18)(H,14,15,16). The molecule has 1 heterocycles. The predicted molar refractivity (Wildman–Crippen MR) is 71.2 cm³/mol. The number of aromatic nitrogens is 2. The van der Waals surface area contributed by atoms with Crippen molar-refractivity contribution in [3.63, 3.8) is 0 Å². The highest BCUT2D eigenvalue weighted by molar-refractivity contribution is 9.10. The van der Waals surface area contributed by atoms with Gasteiger partial charge in [0.25, 0.3) is 0 Å². The topological polar surface area (TPSA) is 75.1 Å². The van der Waals surface area contributed by atoms with Crippen LogP contribution in [0.2, 0.25) is 0 Å². The molecule has 0 saturated heterocycles. The van der Waals surface area contributed by atoms with Crippen molar-refractivity contribution < 1.29 is 9.90 Å². The monoisotopic (exact) mass is 307 g/mol. The van der Waals surface area contributed by atoms with Crippen LogP contribution in [0.25, 0.3) is 0 Å². The number of anilines is 2. The van der Waals surface area contributed by atoms with Crippen molar-refractivity contribution in [3.8, 4) is 0 Å². The number of aryl methyl sites for hydroxylation is 1. The van der Waals surface area contributed by atoms with Gasteiger partial charge in [0.2, 0.25) is 5.95 Å².